The molecular weight excluding hydrogens is 355 g/mol. The van der Waals surface area contributed by atoms with E-state index in [9.17, 15) is 14.0 Å². The lowest BCUT2D eigenvalue weighted by Gasteiger charge is -2.34. The van der Waals surface area contributed by atoms with Crippen molar-refractivity contribution in [2.45, 2.75) is 13.5 Å². The first kappa shape index (κ1) is 17.1. The van der Waals surface area contributed by atoms with Gasteiger partial charge in [0.15, 0.2) is 5.76 Å². The Morgan fingerprint density at radius 2 is 1.93 bits per heavy atom. The number of hydrogen-bond donors (Lipinski definition) is 0. The van der Waals surface area contributed by atoms with Crippen molar-refractivity contribution < 1.29 is 18.4 Å². The first-order valence-corrected chi connectivity index (χ1v) is 8.49. The molecule has 27 heavy (non-hydrogen) atoms. The molecule has 0 N–H and O–H groups in total. The Morgan fingerprint density at radius 3 is 2.63 bits per heavy atom. The lowest BCUT2D eigenvalue weighted by Crippen LogP contribution is -2.51. The van der Waals surface area contributed by atoms with Crippen LogP contribution in [0.2, 0.25) is 0 Å². The molecule has 3 aromatic rings. The number of hydrogen-bond acceptors (Lipinski definition) is 6. The molecule has 140 valence electrons. The van der Waals surface area contributed by atoms with Crippen molar-refractivity contribution in [3.63, 3.8) is 0 Å². The molecule has 1 saturated heterocycles. The van der Waals surface area contributed by atoms with Gasteiger partial charge < -0.3 is 14.2 Å². The second-order valence-electron chi connectivity index (χ2n) is 6.38. The maximum Gasteiger partial charge on any atom is 0.290 e. The van der Waals surface area contributed by atoms with Crippen molar-refractivity contribution in [1.29, 1.82) is 0 Å². The van der Waals surface area contributed by atoms with Crippen LogP contribution in [-0.2, 0) is 11.3 Å². The standard InChI is InChI=1S/C17H17FN6O3/c1-11-13-8-12(18)2-3-14(13)27-16(11)17(26)23-6-4-22(5-7-23)15(25)9-24-10-19-20-21-24/h2-3,8,10H,4-7,9H2,1H3. The number of fused-ring (bicyclic) bond motifs is 1. The van der Waals surface area contributed by atoms with Crippen LogP contribution >= 0.6 is 0 Å². The highest BCUT2D eigenvalue weighted by atomic mass is 19.1. The molecule has 0 spiro atoms. The van der Waals surface area contributed by atoms with E-state index in [2.05, 4.69) is 15.5 Å². The number of tetrazole rings is 1. The summed E-state index contributed by atoms with van der Waals surface area (Å²) in [6, 6.07) is 4.18. The molecule has 2 amide bonds. The van der Waals surface area contributed by atoms with Gasteiger partial charge in [-0.2, -0.15) is 0 Å². The van der Waals surface area contributed by atoms with Gasteiger partial charge in [0.25, 0.3) is 5.91 Å². The molecule has 0 bridgehead atoms. The number of aromatic nitrogens is 4. The van der Waals surface area contributed by atoms with Crippen molar-refractivity contribution in [3.8, 4) is 0 Å². The Bertz CT molecular complexity index is 992. The Balaban J connectivity index is 1.43. The minimum Gasteiger partial charge on any atom is -0.451 e. The summed E-state index contributed by atoms with van der Waals surface area (Å²) in [6.45, 7) is 3.43. The zero-order valence-corrected chi connectivity index (χ0v) is 14.6. The van der Waals surface area contributed by atoms with Gasteiger partial charge in [-0.25, -0.2) is 9.07 Å². The number of piperazine rings is 1. The van der Waals surface area contributed by atoms with Crippen LogP contribution in [0.25, 0.3) is 11.0 Å². The van der Waals surface area contributed by atoms with Gasteiger partial charge in [-0.05, 0) is 35.5 Å². The van der Waals surface area contributed by atoms with Gasteiger partial charge in [-0.1, -0.05) is 0 Å². The average molecular weight is 372 g/mol. The summed E-state index contributed by atoms with van der Waals surface area (Å²) in [5.41, 5.74) is 1.10. The van der Waals surface area contributed by atoms with Crippen molar-refractivity contribution in [2.75, 3.05) is 26.2 Å². The number of carbonyl (C=O) groups excluding carboxylic acids is 2. The van der Waals surface area contributed by atoms with Crippen LogP contribution in [0.1, 0.15) is 16.1 Å². The van der Waals surface area contributed by atoms with Gasteiger partial charge in [-0.3, -0.25) is 9.59 Å². The summed E-state index contributed by atoms with van der Waals surface area (Å²) >= 11 is 0. The van der Waals surface area contributed by atoms with E-state index in [-0.39, 0.29) is 29.9 Å². The molecule has 1 aliphatic heterocycles. The molecule has 4 rings (SSSR count). The fraction of sp³-hybridized carbons (Fsp3) is 0.353. The van der Waals surface area contributed by atoms with Gasteiger partial charge in [0.05, 0.1) is 0 Å². The van der Waals surface area contributed by atoms with Crippen molar-refractivity contribution >= 4 is 22.8 Å². The topological polar surface area (TPSA) is 97.4 Å². The average Bonchev–Trinajstić information content (AvgIpc) is 3.29. The lowest BCUT2D eigenvalue weighted by atomic mass is 10.1. The predicted molar refractivity (Wildman–Crippen MR) is 91.2 cm³/mol. The maximum atomic E-state index is 13.4. The SMILES string of the molecule is Cc1c(C(=O)N2CCN(C(=O)Cn3cnnn3)CC2)oc2ccc(F)cc12. The first-order chi connectivity index (χ1) is 13.0. The van der Waals surface area contributed by atoms with Crippen LogP contribution in [0.4, 0.5) is 4.39 Å². The van der Waals surface area contributed by atoms with Gasteiger partial charge in [-0.15, -0.1) is 5.10 Å². The minimum absolute atomic E-state index is 0.0647. The summed E-state index contributed by atoms with van der Waals surface area (Å²) in [6.07, 6.45) is 1.38. The second-order valence-corrected chi connectivity index (χ2v) is 6.38. The Hall–Kier alpha value is -3.30. The second kappa shape index (κ2) is 6.78. The number of halogens is 1. The van der Waals surface area contributed by atoms with Gasteiger partial charge in [0.2, 0.25) is 5.91 Å². The first-order valence-electron chi connectivity index (χ1n) is 8.49. The zero-order valence-electron chi connectivity index (χ0n) is 14.6. The number of amides is 2. The van der Waals surface area contributed by atoms with Gasteiger partial charge in [0, 0.05) is 37.1 Å². The van der Waals surface area contributed by atoms with Crippen LogP contribution < -0.4 is 0 Å². The Kier molecular flexibility index (Phi) is 4.30. The molecule has 0 saturated carbocycles. The van der Waals surface area contributed by atoms with Crippen LogP contribution in [-0.4, -0.2) is 68.0 Å². The fourth-order valence-corrected chi connectivity index (χ4v) is 3.19. The van der Waals surface area contributed by atoms with E-state index in [4.69, 9.17) is 4.42 Å². The summed E-state index contributed by atoms with van der Waals surface area (Å²) in [5.74, 6) is -0.523. The molecular formula is C17H17FN6O3. The number of aryl methyl sites for hydroxylation is 1. The van der Waals surface area contributed by atoms with Gasteiger partial charge in [0.1, 0.15) is 24.3 Å². The predicted octanol–water partition coefficient (Wildman–Crippen LogP) is 0.851. The molecule has 9 nitrogen and oxygen atoms in total. The maximum absolute atomic E-state index is 13.4. The van der Waals surface area contributed by atoms with Crippen LogP contribution in [0.3, 0.4) is 0 Å². The van der Waals surface area contributed by atoms with E-state index in [1.807, 2.05) is 0 Å². The molecule has 10 heteroatoms. The van der Waals surface area contributed by atoms with Crippen molar-refractivity contribution in [2.24, 2.45) is 0 Å². The molecule has 2 aromatic heterocycles. The van der Waals surface area contributed by atoms with E-state index >= 15 is 0 Å². The van der Waals surface area contributed by atoms with Crippen LogP contribution in [0, 0.1) is 12.7 Å². The molecule has 0 atom stereocenters. The van der Waals surface area contributed by atoms with Gasteiger partial charge >= 0.3 is 0 Å². The summed E-state index contributed by atoms with van der Waals surface area (Å²) in [5, 5.41) is 11.3. The highest BCUT2D eigenvalue weighted by Gasteiger charge is 2.28. The normalized spacial score (nSPS) is 14.7. The fourth-order valence-electron chi connectivity index (χ4n) is 3.19. The smallest absolute Gasteiger partial charge is 0.290 e. The number of benzene rings is 1. The summed E-state index contributed by atoms with van der Waals surface area (Å²) in [4.78, 5) is 28.4. The largest absolute Gasteiger partial charge is 0.451 e. The Labute approximate surface area is 153 Å². The van der Waals surface area contributed by atoms with Crippen molar-refractivity contribution in [3.05, 3.63) is 41.7 Å². The number of carbonyl (C=O) groups is 2. The molecule has 0 aliphatic carbocycles. The van der Waals surface area contributed by atoms with E-state index in [1.165, 1.54) is 29.2 Å². The minimum atomic E-state index is -0.375. The zero-order chi connectivity index (χ0) is 19.0. The highest BCUT2D eigenvalue weighted by Crippen LogP contribution is 2.27. The monoisotopic (exact) mass is 372 g/mol. The molecule has 0 radical (unpaired) electrons. The molecule has 1 aromatic carbocycles. The van der Waals surface area contributed by atoms with E-state index in [1.54, 1.807) is 16.7 Å². The molecule has 3 heterocycles. The van der Waals surface area contributed by atoms with E-state index in [0.29, 0.717) is 42.7 Å². The molecule has 1 fully saturated rings. The third-order valence-electron chi connectivity index (χ3n) is 4.70. The highest BCUT2D eigenvalue weighted by molar-refractivity contribution is 5.99. The quantitative estimate of drug-likeness (QED) is 0.676. The van der Waals surface area contributed by atoms with E-state index < -0.39 is 0 Å². The van der Waals surface area contributed by atoms with Crippen LogP contribution in [0.15, 0.2) is 28.9 Å². The number of furan rings is 1. The van der Waals surface area contributed by atoms with E-state index in [0.717, 1.165) is 0 Å². The molecule has 0 unspecified atom stereocenters. The third kappa shape index (κ3) is 3.25. The number of nitrogens with zero attached hydrogens (tertiary/aromatic N) is 6. The van der Waals surface area contributed by atoms with Crippen molar-refractivity contribution in [1.82, 2.24) is 30.0 Å². The summed E-state index contributed by atoms with van der Waals surface area (Å²) < 4.78 is 20.5. The molecule has 1 aliphatic rings. The number of rotatable bonds is 3. The lowest BCUT2D eigenvalue weighted by molar-refractivity contribution is -0.133. The third-order valence-corrected chi connectivity index (χ3v) is 4.70. The Morgan fingerprint density at radius 1 is 1.19 bits per heavy atom. The summed E-state index contributed by atoms with van der Waals surface area (Å²) in [7, 11) is 0. The van der Waals surface area contributed by atoms with Crippen LogP contribution in [0.5, 0.6) is 0 Å².